The van der Waals surface area contributed by atoms with Crippen LogP contribution in [0.1, 0.15) is 0 Å². The first-order valence-corrected chi connectivity index (χ1v) is 3.60. The van der Waals surface area contributed by atoms with Crippen LogP contribution in [0.2, 0.25) is 0 Å². The summed E-state index contributed by atoms with van der Waals surface area (Å²) in [5.74, 6) is 0. The summed E-state index contributed by atoms with van der Waals surface area (Å²) >= 11 is 8.83. The lowest BCUT2D eigenvalue weighted by Crippen LogP contribution is -1.89. The van der Waals surface area contributed by atoms with Gasteiger partial charge in [-0.3, -0.25) is 0 Å². The standard InChI is InChI=1S/C2Br3NO/c3-2(4,5)6-1-7. The first kappa shape index (κ1) is 7.82. The third-order valence-corrected chi connectivity index (χ3v) is 0.704. The van der Waals surface area contributed by atoms with Crippen molar-refractivity contribution in [2.75, 3.05) is 0 Å². The van der Waals surface area contributed by atoms with E-state index in [4.69, 9.17) is 0 Å². The minimum atomic E-state index is -0.811. The van der Waals surface area contributed by atoms with Crippen LogP contribution < -0.4 is 0 Å². The minimum Gasteiger partial charge on any atom is -0.211 e. The molecule has 5 heteroatoms. The molecule has 2 nitrogen and oxygen atoms in total. The Morgan fingerprint density at radius 3 is 1.86 bits per heavy atom. The van der Waals surface area contributed by atoms with Gasteiger partial charge in [0.15, 0.2) is 0 Å². The van der Waals surface area contributed by atoms with Crippen LogP contribution in [0.4, 0.5) is 0 Å². The van der Waals surface area contributed by atoms with Crippen LogP contribution in [0, 0.1) is 0 Å². The zero-order valence-corrected chi connectivity index (χ0v) is 7.75. The fourth-order valence-electron chi connectivity index (χ4n) is 0.0518. The normalized spacial score (nSPS) is 10.1. The Labute approximate surface area is 65.8 Å². The molecule has 7 heavy (non-hydrogen) atoms. The van der Waals surface area contributed by atoms with E-state index < -0.39 is 2.27 Å². The molecule has 0 unspecified atom stereocenters. The summed E-state index contributed by atoms with van der Waals surface area (Å²) in [5, 5.41) is 0. The lowest BCUT2D eigenvalue weighted by atomic mass is 11.4. The lowest BCUT2D eigenvalue weighted by molar-refractivity contribution is 0.564. The highest BCUT2D eigenvalue weighted by atomic mass is 80.0. The first-order chi connectivity index (χ1) is 3.06. The number of nitrogens with zero attached hydrogens (tertiary/aromatic N) is 1. The van der Waals surface area contributed by atoms with Gasteiger partial charge in [-0.15, -0.1) is 0 Å². The summed E-state index contributed by atoms with van der Waals surface area (Å²) < 4.78 is -0.811. The predicted molar refractivity (Wildman–Crippen MR) is 37.6 cm³/mol. The van der Waals surface area contributed by atoms with Gasteiger partial charge in [-0.05, 0) is 47.8 Å². The van der Waals surface area contributed by atoms with Crippen LogP contribution in [0.15, 0.2) is 4.99 Å². The van der Waals surface area contributed by atoms with Crippen molar-refractivity contribution in [3.8, 4) is 0 Å². The second-order valence-electron chi connectivity index (χ2n) is 0.671. The zero-order valence-electron chi connectivity index (χ0n) is 2.99. The molecule has 0 N–H and O–H groups in total. The molecule has 0 saturated heterocycles. The van der Waals surface area contributed by atoms with Crippen molar-refractivity contribution in [2.45, 2.75) is 2.27 Å². The molecule has 0 saturated carbocycles. The number of aliphatic imine (C=N–C) groups is 1. The van der Waals surface area contributed by atoms with Crippen molar-refractivity contribution in [3.63, 3.8) is 0 Å². The Balaban J connectivity index is 3.80. The van der Waals surface area contributed by atoms with Crippen molar-refractivity contribution < 1.29 is 4.79 Å². The van der Waals surface area contributed by atoms with E-state index in [9.17, 15) is 4.79 Å². The van der Waals surface area contributed by atoms with Crippen LogP contribution in [-0.4, -0.2) is 8.35 Å². The highest BCUT2D eigenvalue weighted by molar-refractivity contribution is 9.39. The maximum atomic E-state index is 9.44. The molecule has 0 fully saturated rings. The highest BCUT2D eigenvalue weighted by Crippen LogP contribution is 2.33. The quantitative estimate of drug-likeness (QED) is 0.291. The smallest absolute Gasteiger partial charge is 0.211 e. The maximum absolute atomic E-state index is 9.44. The SMILES string of the molecule is O=C=NC(Br)(Br)Br. The third-order valence-electron chi connectivity index (χ3n) is 0.172. The number of carbonyl (C=O) groups excluding carboxylic acids is 1. The molecule has 0 heterocycles. The fourth-order valence-corrected chi connectivity index (χ4v) is 0.269. The van der Waals surface area contributed by atoms with E-state index in [1.165, 1.54) is 6.08 Å². The minimum absolute atomic E-state index is 0.811. The van der Waals surface area contributed by atoms with Crippen molar-refractivity contribution in [1.29, 1.82) is 0 Å². The molecule has 0 radical (unpaired) electrons. The van der Waals surface area contributed by atoms with Crippen LogP contribution in [0.3, 0.4) is 0 Å². The summed E-state index contributed by atoms with van der Waals surface area (Å²) in [5.41, 5.74) is 0. The molecule has 0 spiro atoms. The molecule has 0 aromatic rings. The molecule has 0 atom stereocenters. The molecule has 0 aliphatic heterocycles. The number of alkyl halides is 3. The second kappa shape index (κ2) is 2.97. The lowest BCUT2D eigenvalue weighted by Gasteiger charge is -1.96. The van der Waals surface area contributed by atoms with Crippen molar-refractivity contribution >= 4 is 53.9 Å². The molecule has 40 valence electrons. The second-order valence-corrected chi connectivity index (χ2v) is 7.31. The average molecular weight is 294 g/mol. The van der Waals surface area contributed by atoms with Crippen LogP contribution in [0.25, 0.3) is 0 Å². The molecule has 0 aromatic heterocycles. The van der Waals surface area contributed by atoms with Gasteiger partial charge < -0.3 is 0 Å². The summed E-state index contributed by atoms with van der Waals surface area (Å²) in [6.07, 6.45) is 1.34. The Kier molecular flexibility index (Phi) is 3.32. The molecule has 0 aromatic carbocycles. The first-order valence-electron chi connectivity index (χ1n) is 1.22. The van der Waals surface area contributed by atoms with Gasteiger partial charge in [0.2, 0.25) is 8.35 Å². The Morgan fingerprint density at radius 1 is 1.43 bits per heavy atom. The van der Waals surface area contributed by atoms with Gasteiger partial charge in [0.1, 0.15) is 0 Å². The topological polar surface area (TPSA) is 29.4 Å². The van der Waals surface area contributed by atoms with E-state index in [2.05, 4.69) is 52.8 Å². The number of isocyanates is 1. The van der Waals surface area contributed by atoms with E-state index in [0.717, 1.165) is 0 Å². The molecule has 0 bridgehead atoms. The third kappa shape index (κ3) is 6.82. The molecule has 0 aliphatic rings. The molecule has 0 rings (SSSR count). The summed E-state index contributed by atoms with van der Waals surface area (Å²) in [4.78, 5) is 12.6. The molecular weight excluding hydrogens is 294 g/mol. The van der Waals surface area contributed by atoms with Crippen molar-refractivity contribution in [1.82, 2.24) is 0 Å². The van der Waals surface area contributed by atoms with E-state index in [0.29, 0.717) is 0 Å². The van der Waals surface area contributed by atoms with Crippen LogP contribution in [-0.2, 0) is 4.79 Å². The fraction of sp³-hybridized carbons (Fsp3) is 0.500. The molecular formula is C2Br3NO. The number of rotatable bonds is 0. The van der Waals surface area contributed by atoms with Gasteiger partial charge in [0, 0.05) is 0 Å². The summed E-state index contributed by atoms with van der Waals surface area (Å²) in [7, 11) is 0. The number of hydrogen-bond donors (Lipinski definition) is 0. The monoisotopic (exact) mass is 291 g/mol. The van der Waals surface area contributed by atoms with Crippen LogP contribution in [0.5, 0.6) is 0 Å². The van der Waals surface area contributed by atoms with Crippen molar-refractivity contribution in [3.05, 3.63) is 0 Å². The van der Waals surface area contributed by atoms with Gasteiger partial charge in [0.25, 0.3) is 0 Å². The maximum Gasteiger partial charge on any atom is 0.238 e. The molecule has 0 aliphatic carbocycles. The predicted octanol–water partition coefficient (Wildman–Crippen LogP) is 2.12. The van der Waals surface area contributed by atoms with E-state index in [-0.39, 0.29) is 0 Å². The summed E-state index contributed by atoms with van der Waals surface area (Å²) in [6.45, 7) is 0. The Hall–Kier alpha value is 0.820. The van der Waals surface area contributed by atoms with E-state index in [1.54, 1.807) is 0 Å². The highest BCUT2D eigenvalue weighted by Gasteiger charge is 2.13. The zero-order chi connectivity index (χ0) is 5.91. The van der Waals surface area contributed by atoms with Gasteiger partial charge in [-0.1, -0.05) is 0 Å². The van der Waals surface area contributed by atoms with Gasteiger partial charge in [0.05, 0.1) is 0 Å². The van der Waals surface area contributed by atoms with Gasteiger partial charge in [-0.25, -0.2) is 4.79 Å². The number of hydrogen-bond acceptors (Lipinski definition) is 2. The average Bonchev–Trinajstić information content (AvgIpc) is 1.30. The Bertz CT molecular complexity index is 100.0. The van der Waals surface area contributed by atoms with Crippen molar-refractivity contribution in [2.24, 2.45) is 4.99 Å². The summed E-state index contributed by atoms with van der Waals surface area (Å²) in [6, 6.07) is 0. The van der Waals surface area contributed by atoms with Crippen LogP contribution >= 0.6 is 47.8 Å². The largest absolute Gasteiger partial charge is 0.238 e. The van der Waals surface area contributed by atoms with Gasteiger partial charge >= 0.3 is 0 Å². The van der Waals surface area contributed by atoms with E-state index >= 15 is 0 Å². The Morgan fingerprint density at radius 2 is 1.86 bits per heavy atom. The molecule has 0 amide bonds. The van der Waals surface area contributed by atoms with Gasteiger partial charge in [-0.2, -0.15) is 4.99 Å². The number of halogens is 3. The van der Waals surface area contributed by atoms with E-state index in [1.807, 2.05) is 0 Å².